The van der Waals surface area contributed by atoms with Gasteiger partial charge in [0.25, 0.3) is 0 Å². The summed E-state index contributed by atoms with van der Waals surface area (Å²) in [5.41, 5.74) is 19.5. The Balaban J connectivity index is 0.000000167. The maximum absolute atomic E-state index is 8.29. The van der Waals surface area contributed by atoms with Crippen LogP contribution in [-0.2, 0) is 35.2 Å². The van der Waals surface area contributed by atoms with E-state index in [1.165, 1.54) is 73.3 Å². The first-order valence-electron chi connectivity index (χ1n) is 72.2. The molecule has 148 heavy (non-hydrogen) atoms. The van der Waals surface area contributed by atoms with Crippen molar-refractivity contribution in [3.63, 3.8) is 0 Å². The summed E-state index contributed by atoms with van der Waals surface area (Å²) in [6.45, 7) is -28.0. The molecule has 0 N–H and O–H groups in total. The van der Waals surface area contributed by atoms with Gasteiger partial charge in [-0.05, 0) is 389 Å². The zero-order valence-electron chi connectivity index (χ0n) is 133. The Morgan fingerprint density at radius 3 is 0.628 bits per heavy atom. The summed E-state index contributed by atoms with van der Waals surface area (Å²) in [6, 6.07) is 98.9. The predicted molar refractivity (Wildman–Crippen MR) is 629 cm³/mol. The van der Waals surface area contributed by atoms with Crippen LogP contribution >= 0.6 is 0 Å². The molecule has 0 amide bonds. The second kappa shape index (κ2) is 45.8. The molecule has 5 aromatic heterocycles. The minimum Gasteiger partial charge on any atom is -0.201 e. The molecule has 0 bridgehead atoms. The SMILES string of the molecule is [2H]C([2H])([2H])c1cc(C)c(-c2cc(-c3c(C([2H])([2H])[2H])cc(C)cc3C([2H])([2H])[2H])c(C([2H])([2H])[2H])c[n+]2C)cc1-c1ccccc1.[2H]C([2H])([2H])c1cc(C)c(-c2cc(-c3c(C([2H])([2H])[2H])cccc3C([2H])([2H])[2H])c(C([2H])([2H])[2H])c[n+]2C)cc1-c1ccccc1.[2H]C([2H])([2H])c1cc(C)c(-c2cc(-c3ccc(C)cc3C([2H])([2H])[2H])c(C([2H])([2H])[2H])c[n+]2C)cc1-c1ccccc1.[2H]C([2H])([2H])c1cc(C)c(-c2cc(-c3ccccc3)c(C([2H])([2H])[2H])c[n+]2C)cc1-c1ccccc1.[2H]C([2H])([2H])c1cc(C)c(-c2cc(-c3ccccc3C([2H])([2H])[2H])c(C([2H])([2H])[2H])c[n+]2C)cc1-c1ccccc1. The normalized spacial score (nSPS) is 17.1. The molecule has 0 fully saturated rings. The number of hydrogen-bond acceptors (Lipinski definition) is 0. The highest BCUT2D eigenvalue weighted by Crippen LogP contribution is 2.43. The highest BCUT2D eigenvalue weighted by atomic mass is 14.9. The van der Waals surface area contributed by atoms with Crippen molar-refractivity contribution in [2.24, 2.45) is 35.2 Å². The van der Waals surface area contributed by atoms with Gasteiger partial charge in [0.2, 0.25) is 28.5 Å². The molecule has 15 aromatic carbocycles. The van der Waals surface area contributed by atoms with Gasteiger partial charge in [0.15, 0.2) is 31.0 Å². The van der Waals surface area contributed by atoms with Gasteiger partial charge in [-0.1, -0.05) is 296 Å². The Labute approximate surface area is 950 Å². The summed E-state index contributed by atoms with van der Waals surface area (Å²) in [6.07, 6.45) is 7.40. The first-order chi connectivity index (χ1) is 90.3. The van der Waals surface area contributed by atoms with E-state index in [9.17, 15) is 0 Å². The van der Waals surface area contributed by atoms with Crippen LogP contribution in [0.2, 0.25) is 0 Å². The average molecular weight is 1980 g/mol. The summed E-state index contributed by atoms with van der Waals surface area (Å²) in [5, 5.41) is 0. The zero-order chi connectivity index (χ0) is 145. The van der Waals surface area contributed by atoms with Crippen LogP contribution in [0.25, 0.3) is 168 Å². The number of benzene rings is 15. The van der Waals surface area contributed by atoms with Crippen molar-refractivity contribution in [3.8, 4) is 168 Å². The van der Waals surface area contributed by atoms with E-state index >= 15 is 0 Å². The van der Waals surface area contributed by atoms with E-state index in [1.807, 2.05) is 186 Å². The third-order valence-electron chi connectivity index (χ3n) is 26.6. The lowest BCUT2D eigenvalue weighted by atomic mass is 9.89. The van der Waals surface area contributed by atoms with Crippen LogP contribution < -0.4 is 22.8 Å². The molecular weight excluding hydrogens is 1790 g/mol. The molecule has 0 unspecified atom stereocenters. The molecular formula is C143H146N5+5. The van der Waals surface area contributed by atoms with Gasteiger partial charge in [0, 0.05) is 152 Å². The van der Waals surface area contributed by atoms with E-state index in [0.29, 0.717) is 145 Å². The van der Waals surface area contributed by atoms with Crippen molar-refractivity contribution in [1.29, 1.82) is 0 Å². The Hall–Kier alpha value is -16.0. The molecule has 0 saturated carbocycles. The second-order valence-electron chi connectivity index (χ2n) is 37.3. The van der Waals surface area contributed by atoms with Gasteiger partial charge in [0.05, 0.1) is 0 Å². The van der Waals surface area contributed by atoms with Crippen molar-refractivity contribution in [1.82, 2.24) is 0 Å². The fourth-order valence-corrected chi connectivity index (χ4v) is 19.0. The van der Waals surface area contributed by atoms with E-state index in [4.69, 9.17) is 65.8 Å². The number of rotatable bonds is 15. The van der Waals surface area contributed by atoms with Gasteiger partial charge in [-0.15, -0.1) is 0 Å². The lowest BCUT2D eigenvalue weighted by Gasteiger charge is -2.16. The van der Waals surface area contributed by atoms with Crippen molar-refractivity contribution < 1.29 is 88.6 Å². The lowest BCUT2D eigenvalue weighted by Crippen LogP contribution is -2.31. The molecule has 0 aliphatic heterocycles. The largest absolute Gasteiger partial charge is 0.213 e. The molecule has 0 spiro atoms. The van der Waals surface area contributed by atoms with Crippen molar-refractivity contribution in [3.05, 3.63) is 505 Å². The fourth-order valence-electron chi connectivity index (χ4n) is 19.0. The molecule has 738 valence electrons. The Morgan fingerprint density at radius 2 is 0.345 bits per heavy atom. The quantitative estimate of drug-likeness (QED) is 0.0912. The van der Waals surface area contributed by atoms with Crippen molar-refractivity contribution in [2.45, 2.75) is 158 Å². The standard InChI is InChI=1S/C30H32N.2C29H30N.C28H28N.C27H26N/c1-19-13-22(4)30(23(5)14-19)28-17-29(31(7)18-24(28)6)27-16-26(20(2)15-21(27)3)25-11-9-8-10-12-25;1-19-11-10-12-20(2)29(19)27-17-28(30(6)18-23(27)5)26-16-25(21(3)15-22(26)4)24-13-8-7-9-14-24;1-19-12-13-25(20(2)14-19)27-17-29(30(6)18-23(27)5)28-16-26(21(3)15-22(28)4)24-10-8-7-9-11-24;1-19-11-9-10-14-24(19)26-17-28(29(5)18-22(26)4)27-16-25(20(2)15-21(27)3)23-12-7-6-8-13-23;1-19-15-20(2)26(16-24(19)22-11-7-5-8-12-22)27-17-25(21(3)18-28(27)4)23-13-9-6-10-14-23/h8-18H,1-7H3;2*7-18H,1-6H3;6-18H,1-5H3;5-18H,1-4H3/q5*+1/i2D3,4D3,5D3,6D3;1D3,2D3,3D3,5D3;2D3,3D3,5D3;1D3,2D3,4D3;1D3,3D3. The van der Waals surface area contributed by atoms with Gasteiger partial charge in [0.1, 0.15) is 35.2 Å². The third-order valence-corrected chi connectivity index (χ3v) is 26.6. The van der Waals surface area contributed by atoms with E-state index in [0.717, 1.165) is 44.6 Å². The fraction of sp³-hybridized carbons (Fsp3) is 0.196. The van der Waals surface area contributed by atoms with Gasteiger partial charge >= 0.3 is 0 Å². The van der Waals surface area contributed by atoms with E-state index < -0.39 is 110 Å². The number of aryl methyl sites for hydroxylation is 28. The van der Waals surface area contributed by atoms with Crippen LogP contribution in [0.5, 0.6) is 0 Å². The zero-order valence-corrected chi connectivity index (χ0v) is 84.5. The molecule has 0 atom stereocenters. The molecule has 0 radical (unpaired) electrons. The van der Waals surface area contributed by atoms with Gasteiger partial charge < -0.3 is 0 Å². The van der Waals surface area contributed by atoms with Crippen molar-refractivity contribution in [2.75, 3.05) is 0 Å². The Kier molecular flexibility index (Phi) is 18.4. The van der Waals surface area contributed by atoms with Crippen LogP contribution in [0.3, 0.4) is 0 Å². The van der Waals surface area contributed by atoms with Crippen LogP contribution in [0.15, 0.2) is 377 Å². The number of nitrogens with zero attached hydrogens (tertiary/aromatic N) is 5. The maximum Gasteiger partial charge on any atom is 0.213 e. The lowest BCUT2D eigenvalue weighted by molar-refractivity contribution is -0.660. The van der Waals surface area contributed by atoms with Crippen LogP contribution in [0.1, 0.15) is 194 Å². The highest BCUT2D eigenvalue weighted by molar-refractivity contribution is 5.87. The van der Waals surface area contributed by atoms with Gasteiger partial charge in [-0.3, -0.25) is 0 Å². The first kappa shape index (κ1) is 59.6. The highest BCUT2D eigenvalue weighted by Gasteiger charge is 2.28. The number of hydrogen-bond donors (Lipinski definition) is 0. The van der Waals surface area contributed by atoms with Crippen molar-refractivity contribution >= 4 is 0 Å². The molecule has 0 aliphatic carbocycles. The second-order valence-corrected chi connectivity index (χ2v) is 37.3. The summed E-state index contributed by atoms with van der Waals surface area (Å²) in [7, 11) is 8.54. The molecule has 5 heterocycles. The van der Waals surface area contributed by atoms with Crippen LogP contribution in [0.4, 0.5) is 0 Å². The Morgan fingerprint density at radius 1 is 0.135 bits per heavy atom. The van der Waals surface area contributed by atoms with Gasteiger partial charge in [-0.2, -0.15) is 0 Å². The topological polar surface area (TPSA) is 19.4 Å². The summed E-state index contributed by atoms with van der Waals surface area (Å²) >= 11 is 0. The van der Waals surface area contributed by atoms with Gasteiger partial charge in [-0.25, -0.2) is 22.8 Å². The minimum atomic E-state index is -2.75. The van der Waals surface area contributed by atoms with Crippen LogP contribution in [-0.4, -0.2) is 0 Å². The monoisotopic (exact) mass is 1980 g/mol. The maximum atomic E-state index is 8.29. The third kappa shape index (κ3) is 23.1. The molecule has 0 saturated heterocycles. The van der Waals surface area contributed by atoms with E-state index in [2.05, 4.69) is 0 Å². The van der Waals surface area contributed by atoms with E-state index in [-0.39, 0.29) is 106 Å². The van der Waals surface area contributed by atoms with E-state index in [1.54, 1.807) is 224 Å². The minimum absolute atomic E-state index is 0.0282. The molecule has 5 heteroatoms. The molecule has 20 aromatic rings. The number of aromatic nitrogens is 5. The molecule has 20 rings (SSSR count). The summed E-state index contributed by atoms with van der Waals surface area (Å²) in [5.74, 6) is 0. The smallest absolute Gasteiger partial charge is 0.201 e. The average Bonchev–Trinajstić information content (AvgIpc) is 0.737. The Bertz CT molecular complexity index is 10200. The van der Waals surface area contributed by atoms with Crippen LogP contribution in [0, 0.1) is 158 Å². The summed E-state index contributed by atoms with van der Waals surface area (Å²) in [4.78, 5) is 0. The summed E-state index contributed by atoms with van der Waals surface area (Å²) < 4.78 is 400. The number of pyridine rings is 5. The molecule has 5 nitrogen and oxygen atoms in total. The molecule has 0 aliphatic rings. The predicted octanol–water partition coefficient (Wildman–Crippen LogP) is 34.7. The first-order valence-corrected chi connectivity index (χ1v) is 48.2.